The number of likely N-dealkylation sites (tertiary alicyclic amines) is 1. The fourth-order valence-electron chi connectivity index (χ4n) is 5.04. The molecule has 1 amide bonds. The first-order valence-corrected chi connectivity index (χ1v) is 11.8. The zero-order chi connectivity index (χ0) is 23.2. The molecule has 0 N–H and O–H groups in total. The minimum Gasteiger partial charge on any atom is -0.493 e. The summed E-state index contributed by atoms with van der Waals surface area (Å²) in [6.45, 7) is 0.902. The third-order valence-corrected chi connectivity index (χ3v) is 6.78. The van der Waals surface area contributed by atoms with Gasteiger partial charge in [0.05, 0.1) is 20.8 Å². The largest absolute Gasteiger partial charge is 0.493 e. The molecular weight excluding hydrogens is 418 g/mol. The van der Waals surface area contributed by atoms with E-state index in [1.165, 1.54) is 11.1 Å². The molecule has 1 unspecified atom stereocenters. The minimum atomic E-state index is -0.472. The molecule has 6 heteroatoms. The molecule has 1 aliphatic carbocycles. The number of hydrogen-bond acceptors (Lipinski definition) is 5. The Labute approximate surface area is 195 Å². The number of nitrogens with zero attached hydrogens (tertiary/aromatic N) is 1. The number of esters is 1. The first-order chi connectivity index (χ1) is 16.1. The third-order valence-electron chi connectivity index (χ3n) is 6.78. The van der Waals surface area contributed by atoms with Gasteiger partial charge < -0.3 is 19.1 Å². The van der Waals surface area contributed by atoms with Crippen molar-refractivity contribution in [3.05, 3.63) is 59.2 Å². The second kappa shape index (κ2) is 10.7. The summed E-state index contributed by atoms with van der Waals surface area (Å²) in [5.74, 6) is 1.42. The molecule has 0 aromatic heterocycles. The maximum Gasteiger partial charge on any atom is 0.328 e. The molecule has 0 radical (unpaired) electrons. The zero-order valence-electron chi connectivity index (χ0n) is 19.5. The van der Waals surface area contributed by atoms with Crippen LogP contribution in [0.1, 0.15) is 42.4 Å². The molecule has 1 aliphatic heterocycles. The van der Waals surface area contributed by atoms with Crippen LogP contribution >= 0.6 is 0 Å². The molecule has 0 spiro atoms. The highest BCUT2D eigenvalue weighted by atomic mass is 16.5. The van der Waals surface area contributed by atoms with Crippen molar-refractivity contribution in [2.45, 2.75) is 51.0 Å². The molecule has 2 aromatic rings. The molecule has 2 aromatic carbocycles. The van der Waals surface area contributed by atoms with Gasteiger partial charge in [-0.15, -0.1) is 0 Å². The normalized spacial score (nSPS) is 18.0. The summed E-state index contributed by atoms with van der Waals surface area (Å²) in [6, 6.07) is 13.6. The molecule has 1 fully saturated rings. The van der Waals surface area contributed by atoms with E-state index in [0.29, 0.717) is 43.2 Å². The molecular formula is C27H33NO5. The molecule has 1 saturated heterocycles. The number of amides is 1. The Morgan fingerprint density at radius 1 is 0.970 bits per heavy atom. The van der Waals surface area contributed by atoms with E-state index in [2.05, 4.69) is 24.3 Å². The number of piperidine rings is 1. The van der Waals surface area contributed by atoms with Crippen molar-refractivity contribution in [2.24, 2.45) is 5.92 Å². The topological polar surface area (TPSA) is 65.1 Å². The summed E-state index contributed by atoms with van der Waals surface area (Å²) in [5.41, 5.74) is 3.69. The van der Waals surface area contributed by atoms with Gasteiger partial charge >= 0.3 is 5.97 Å². The fraction of sp³-hybridized carbons (Fsp3) is 0.481. The lowest BCUT2D eigenvalue weighted by Crippen LogP contribution is -2.49. The van der Waals surface area contributed by atoms with E-state index in [9.17, 15) is 9.59 Å². The Balaban J connectivity index is 1.30. The molecule has 6 nitrogen and oxygen atoms in total. The number of carbonyl (C=O) groups excluding carboxylic acids is 2. The second-order valence-corrected chi connectivity index (χ2v) is 8.95. The predicted octanol–water partition coefficient (Wildman–Crippen LogP) is 3.98. The van der Waals surface area contributed by atoms with Crippen LogP contribution in [0.25, 0.3) is 0 Å². The van der Waals surface area contributed by atoms with Gasteiger partial charge in [0.15, 0.2) is 11.5 Å². The van der Waals surface area contributed by atoms with Crippen molar-refractivity contribution in [3.63, 3.8) is 0 Å². The predicted molar refractivity (Wildman–Crippen MR) is 126 cm³/mol. The van der Waals surface area contributed by atoms with E-state index in [0.717, 1.165) is 31.2 Å². The second-order valence-electron chi connectivity index (χ2n) is 8.95. The fourth-order valence-corrected chi connectivity index (χ4v) is 5.04. The average Bonchev–Trinajstić information content (AvgIpc) is 3.26. The standard InChI is InChI=1S/C27H33NO5/c1-31-24-11-10-19(17-25(24)32-2)12-14-33-27(30)23-9-5-6-13-28(23)26(29)18-20-15-21-7-3-4-8-22(21)16-20/h3-4,7-8,10-11,17,20,23H,5-6,9,12-16,18H2,1-2H3. The van der Waals surface area contributed by atoms with Crippen molar-refractivity contribution < 1.29 is 23.8 Å². The summed E-state index contributed by atoms with van der Waals surface area (Å²) < 4.78 is 16.2. The molecule has 1 heterocycles. The van der Waals surface area contributed by atoms with Crippen LogP contribution in [0.3, 0.4) is 0 Å². The first-order valence-electron chi connectivity index (χ1n) is 11.8. The van der Waals surface area contributed by atoms with E-state index in [1.54, 1.807) is 19.1 Å². The molecule has 0 bridgehead atoms. The maximum atomic E-state index is 13.1. The summed E-state index contributed by atoms with van der Waals surface area (Å²) >= 11 is 0. The van der Waals surface area contributed by atoms with E-state index in [-0.39, 0.29) is 18.5 Å². The number of fused-ring (bicyclic) bond motifs is 1. The Hall–Kier alpha value is -3.02. The van der Waals surface area contributed by atoms with Gasteiger partial charge in [-0.1, -0.05) is 30.3 Å². The monoisotopic (exact) mass is 451 g/mol. The summed E-state index contributed by atoms with van der Waals surface area (Å²) in [7, 11) is 3.20. The van der Waals surface area contributed by atoms with E-state index in [4.69, 9.17) is 14.2 Å². The third kappa shape index (κ3) is 5.49. The van der Waals surface area contributed by atoms with Gasteiger partial charge in [0.1, 0.15) is 6.04 Å². The van der Waals surface area contributed by atoms with E-state index < -0.39 is 6.04 Å². The van der Waals surface area contributed by atoms with E-state index >= 15 is 0 Å². The number of benzene rings is 2. The lowest BCUT2D eigenvalue weighted by molar-refractivity contribution is -0.157. The minimum absolute atomic E-state index is 0.0781. The van der Waals surface area contributed by atoms with Crippen LogP contribution in [0.15, 0.2) is 42.5 Å². The van der Waals surface area contributed by atoms with Gasteiger partial charge in [-0.3, -0.25) is 4.79 Å². The summed E-state index contributed by atoms with van der Waals surface area (Å²) in [5, 5.41) is 0. The van der Waals surface area contributed by atoms with Crippen molar-refractivity contribution in [1.29, 1.82) is 0 Å². The number of rotatable bonds is 8. The lowest BCUT2D eigenvalue weighted by Gasteiger charge is -2.34. The van der Waals surface area contributed by atoms with Crippen molar-refractivity contribution in [3.8, 4) is 11.5 Å². The Morgan fingerprint density at radius 2 is 1.70 bits per heavy atom. The van der Waals surface area contributed by atoms with Crippen LogP contribution < -0.4 is 9.47 Å². The number of carbonyl (C=O) groups is 2. The van der Waals surface area contributed by atoms with Gasteiger partial charge in [0, 0.05) is 19.4 Å². The van der Waals surface area contributed by atoms with Gasteiger partial charge in [0.25, 0.3) is 0 Å². The summed E-state index contributed by atoms with van der Waals surface area (Å²) in [6.07, 6.45) is 5.50. The van der Waals surface area contributed by atoms with Gasteiger partial charge in [-0.25, -0.2) is 4.79 Å². The summed E-state index contributed by atoms with van der Waals surface area (Å²) in [4.78, 5) is 27.8. The first kappa shape index (κ1) is 23.1. The smallest absolute Gasteiger partial charge is 0.328 e. The van der Waals surface area contributed by atoms with Crippen molar-refractivity contribution >= 4 is 11.9 Å². The number of ether oxygens (including phenoxy) is 3. The van der Waals surface area contributed by atoms with Crippen LogP contribution in [0.4, 0.5) is 0 Å². The van der Waals surface area contributed by atoms with Crippen LogP contribution in [0, 0.1) is 5.92 Å². The molecule has 1 atom stereocenters. The van der Waals surface area contributed by atoms with Crippen molar-refractivity contribution in [2.75, 3.05) is 27.4 Å². The highest BCUT2D eigenvalue weighted by molar-refractivity contribution is 5.85. The SMILES string of the molecule is COc1ccc(CCOC(=O)C2CCCCN2C(=O)CC2Cc3ccccc3C2)cc1OC. The molecule has 0 saturated carbocycles. The lowest BCUT2D eigenvalue weighted by atomic mass is 9.97. The van der Waals surface area contributed by atoms with Crippen LogP contribution in [-0.2, 0) is 33.6 Å². The van der Waals surface area contributed by atoms with Gasteiger partial charge in [0.2, 0.25) is 5.91 Å². The average molecular weight is 452 g/mol. The van der Waals surface area contributed by atoms with Crippen LogP contribution in [0.5, 0.6) is 11.5 Å². The number of hydrogen-bond donors (Lipinski definition) is 0. The molecule has 2 aliphatic rings. The molecule has 176 valence electrons. The highest BCUT2D eigenvalue weighted by Crippen LogP contribution is 2.30. The van der Waals surface area contributed by atoms with Crippen LogP contribution in [-0.4, -0.2) is 50.2 Å². The Kier molecular flexibility index (Phi) is 7.53. The maximum absolute atomic E-state index is 13.1. The van der Waals surface area contributed by atoms with Crippen LogP contribution in [0.2, 0.25) is 0 Å². The zero-order valence-corrected chi connectivity index (χ0v) is 19.5. The number of methoxy groups -OCH3 is 2. The Bertz CT molecular complexity index is 963. The van der Waals surface area contributed by atoms with E-state index in [1.807, 2.05) is 18.2 Å². The molecule has 33 heavy (non-hydrogen) atoms. The van der Waals surface area contributed by atoms with Gasteiger partial charge in [-0.05, 0) is 66.8 Å². The van der Waals surface area contributed by atoms with Gasteiger partial charge in [-0.2, -0.15) is 0 Å². The Morgan fingerprint density at radius 3 is 2.39 bits per heavy atom. The highest BCUT2D eigenvalue weighted by Gasteiger charge is 2.35. The molecule has 4 rings (SSSR count). The quantitative estimate of drug-likeness (QED) is 0.568. The van der Waals surface area contributed by atoms with Crippen molar-refractivity contribution in [1.82, 2.24) is 4.90 Å².